The molecule has 0 radical (unpaired) electrons. The first-order valence-electron chi connectivity index (χ1n) is 6.14. The Morgan fingerprint density at radius 2 is 1.94 bits per heavy atom. The molecule has 0 aliphatic heterocycles. The number of hydrogen-bond acceptors (Lipinski definition) is 2. The van der Waals surface area contributed by atoms with Gasteiger partial charge in [-0.2, -0.15) is 0 Å². The average molecular weight is 249 g/mol. The van der Waals surface area contributed by atoms with E-state index in [1.54, 1.807) is 0 Å². The summed E-state index contributed by atoms with van der Waals surface area (Å²) in [5.41, 5.74) is 0.792. The minimum Gasteiger partial charge on any atom is -0.481 e. The fourth-order valence-electron chi connectivity index (χ4n) is 1.75. The number of aliphatic carboxylic acids is 1. The Morgan fingerprint density at radius 1 is 1.28 bits per heavy atom. The van der Waals surface area contributed by atoms with Crippen LogP contribution in [-0.2, 0) is 9.59 Å². The molecule has 0 saturated heterocycles. The highest BCUT2D eigenvalue weighted by Gasteiger charge is 2.10. The molecule has 0 fully saturated rings. The third-order valence-electron chi connectivity index (χ3n) is 2.68. The van der Waals surface area contributed by atoms with Crippen LogP contribution in [0.2, 0.25) is 0 Å². The molecule has 18 heavy (non-hydrogen) atoms. The van der Waals surface area contributed by atoms with Crippen molar-refractivity contribution in [3.8, 4) is 0 Å². The van der Waals surface area contributed by atoms with Gasteiger partial charge in [-0.15, -0.1) is 0 Å². The molecule has 0 spiro atoms. The highest BCUT2D eigenvalue weighted by Crippen LogP contribution is 2.14. The van der Waals surface area contributed by atoms with Crippen LogP contribution in [0.15, 0.2) is 30.3 Å². The summed E-state index contributed by atoms with van der Waals surface area (Å²) < 4.78 is 0. The first kappa shape index (κ1) is 14.2. The number of anilines is 1. The summed E-state index contributed by atoms with van der Waals surface area (Å²) in [6, 6.07) is 9.31. The van der Waals surface area contributed by atoms with Crippen LogP contribution in [0.4, 0.5) is 5.69 Å². The van der Waals surface area contributed by atoms with Gasteiger partial charge in [0.2, 0.25) is 5.91 Å². The van der Waals surface area contributed by atoms with Gasteiger partial charge in [-0.25, -0.2) is 0 Å². The summed E-state index contributed by atoms with van der Waals surface area (Å²) in [5.74, 6) is -0.604. The molecule has 1 aromatic rings. The number of hydrogen-bond donors (Lipinski definition) is 2. The minimum atomic E-state index is -0.782. The first-order chi connectivity index (χ1) is 8.58. The number of benzene rings is 1. The Kier molecular flexibility index (Phi) is 5.91. The van der Waals surface area contributed by atoms with E-state index in [2.05, 4.69) is 5.32 Å². The van der Waals surface area contributed by atoms with Gasteiger partial charge in [-0.3, -0.25) is 9.59 Å². The standard InChI is InChI=1S/C14H19NO3/c1-11(6-5-9-14(17)18)10-13(16)15-12-7-3-2-4-8-12/h2-4,7-8,11H,5-6,9-10H2,1H3,(H,15,16)(H,17,18). The molecule has 4 nitrogen and oxygen atoms in total. The van der Waals surface area contributed by atoms with Crippen molar-refractivity contribution in [1.82, 2.24) is 0 Å². The van der Waals surface area contributed by atoms with Crippen molar-refractivity contribution >= 4 is 17.6 Å². The zero-order chi connectivity index (χ0) is 13.4. The van der Waals surface area contributed by atoms with Gasteiger partial charge in [0.25, 0.3) is 0 Å². The Hall–Kier alpha value is -1.84. The van der Waals surface area contributed by atoms with E-state index in [0.717, 1.165) is 12.1 Å². The van der Waals surface area contributed by atoms with Crippen LogP contribution < -0.4 is 5.32 Å². The summed E-state index contributed by atoms with van der Waals surface area (Å²) in [5, 5.41) is 11.3. The molecule has 0 saturated carbocycles. The second kappa shape index (κ2) is 7.48. The molecule has 0 aliphatic rings. The average Bonchev–Trinajstić information content (AvgIpc) is 2.29. The molecule has 4 heteroatoms. The normalized spacial score (nSPS) is 11.8. The second-order valence-corrected chi connectivity index (χ2v) is 4.51. The lowest BCUT2D eigenvalue weighted by molar-refractivity contribution is -0.137. The van der Waals surface area contributed by atoms with Crippen LogP contribution in [0.5, 0.6) is 0 Å². The number of nitrogens with one attached hydrogen (secondary N) is 1. The predicted octanol–water partition coefficient (Wildman–Crippen LogP) is 2.91. The molecule has 1 atom stereocenters. The predicted molar refractivity (Wildman–Crippen MR) is 70.3 cm³/mol. The molecule has 0 bridgehead atoms. The largest absolute Gasteiger partial charge is 0.481 e. The molecule has 0 aromatic heterocycles. The lowest BCUT2D eigenvalue weighted by atomic mass is 10.00. The van der Waals surface area contributed by atoms with E-state index in [9.17, 15) is 9.59 Å². The van der Waals surface area contributed by atoms with E-state index in [0.29, 0.717) is 12.8 Å². The third kappa shape index (κ3) is 6.03. The zero-order valence-corrected chi connectivity index (χ0v) is 10.6. The number of carbonyl (C=O) groups excluding carboxylic acids is 1. The maximum absolute atomic E-state index is 11.7. The van der Waals surface area contributed by atoms with E-state index in [1.165, 1.54) is 0 Å². The summed E-state index contributed by atoms with van der Waals surface area (Å²) in [7, 11) is 0. The summed E-state index contributed by atoms with van der Waals surface area (Å²) in [6.07, 6.45) is 1.97. The minimum absolute atomic E-state index is 0.0241. The number of carbonyl (C=O) groups is 2. The quantitative estimate of drug-likeness (QED) is 0.780. The van der Waals surface area contributed by atoms with Gasteiger partial charge in [-0.05, 0) is 30.9 Å². The fourth-order valence-corrected chi connectivity index (χ4v) is 1.75. The summed E-state index contributed by atoms with van der Waals surface area (Å²) in [4.78, 5) is 22.1. The maximum Gasteiger partial charge on any atom is 0.303 e. The molecular formula is C14H19NO3. The molecule has 1 rings (SSSR count). The Morgan fingerprint density at radius 3 is 2.56 bits per heavy atom. The summed E-state index contributed by atoms with van der Waals surface area (Å²) >= 11 is 0. The van der Waals surface area contributed by atoms with Crippen LogP contribution >= 0.6 is 0 Å². The Bertz CT molecular complexity index is 389. The number of rotatable bonds is 7. The highest BCUT2D eigenvalue weighted by molar-refractivity contribution is 5.90. The molecule has 1 amide bonds. The highest BCUT2D eigenvalue weighted by atomic mass is 16.4. The molecule has 98 valence electrons. The van der Waals surface area contributed by atoms with Crippen molar-refractivity contribution in [3.05, 3.63) is 30.3 Å². The smallest absolute Gasteiger partial charge is 0.303 e. The number of carboxylic acid groups (broad SMARTS) is 1. The van der Waals surface area contributed by atoms with Gasteiger partial charge in [0.05, 0.1) is 0 Å². The number of amides is 1. The van der Waals surface area contributed by atoms with Gasteiger partial charge in [0, 0.05) is 18.5 Å². The van der Waals surface area contributed by atoms with E-state index in [1.807, 2.05) is 37.3 Å². The molecular weight excluding hydrogens is 230 g/mol. The van der Waals surface area contributed by atoms with Crippen molar-refractivity contribution < 1.29 is 14.7 Å². The van der Waals surface area contributed by atoms with E-state index < -0.39 is 5.97 Å². The molecule has 1 unspecified atom stereocenters. The molecule has 1 aromatic carbocycles. The van der Waals surface area contributed by atoms with Crippen LogP contribution in [0.25, 0.3) is 0 Å². The molecule has 2 N–H and O–H groups in total. The van der Waals surface area contributed by atoms with Crippen molar-refractivity contribution in [1.29, 1.82) is 0 Å². The van der Waals surface area contributed by atoms with Crippen molar-refractivity contribution in [2.75, 3.05) is 5.32 Å². The summed E-state index contributed by atoms with van der Waals surface area (Å²) in [6.45, 7) is 1.96. The number of carboxylic acids is 1. The topological polar surface area (TPSA) is 66.4 Å². The first-order valence-corrected chi connectivity index (χ1v) is 6.14. The molecule has 0 aliphatic carbocycles. The van der Waals surface area contributed by atoms with Crippen molar-refractivity contribution in [2.24, 2.45) is 5.92 Å². The monoisotopic (exact) mass is 249 g/mol. The Balaban J connectivity index is 2.25. The number of para-hydroxylation sites is 1. The van der Waals surface area contributed by atoms with Gasteiger partial charge in [0.1, 0.15) is 0 Å². The van der Waals surface area contributed by atoms with Gasteiger partial charge < -0.3 is 10.4 Å². The van der Waals surface area contributed by atoms with Crippen LogP contribution in [-0.4, -0.2) is 17.0 Å². The lowest BCUT2D eigenvalue weighted by Gasteiger charge is -2.10. The Labute approximate surface area is 107 Å². The van der Waals surface area contributed by atoms with Gasteiger partial charge in [-0.1, -0.05) is 25.1 Å². The lowest BCUT2D eigenvalue weighted by Crippen LogP contribution is -2.15. The van der Waals surface area contributed by atoms with Crippen LogP contribution in [0.3, 0.4) is 0 Å². The maximum atomic E-state index is 11.7. The van der Waals surface area contributed by atoms with E-state index in [-0.39, 0.29) is 18.2 Å². The van der Waals surface area contributed by atoms with Crippen LogP contribution in [0.1, 0.15) is 32.6 Å². The fraction of sp³-hybridized carbons (Fsp3) is 0.429. The second-order valence-electron chi connectivity index (χ2n) is 4.51. The molecule has 0 heterocycles. The zero-order valence-electron chi connectivity index (χ0n) is 10.6. The van der Waals surface area contributed by atoms with Gasteiger partial charge >= 0.3 is 5.97 Å². The van der Waals surface area contributed by atoms with E-state index in [4.69, 9.17) is 5.11 Å². The van der Waals surface area contributed by atoms with Crippen molar-refractivity contribution in [3.63, 3.8) is 0 Å². The van der Waals surface area contributed by atoms with Crippen LogP contribution in [0, 0.1) is 5.92 Å². The third-order valence-corrected chi connectivity index (χ3v) is 2.68. The SMILES string of the molecule is CC(CCCC(=O)O)CC(=O)Nc1ccccc1. The van der Waals surface area contributed by atoms with Crippen molar-refractivity contribution in [2.45, 2.75) is 32.6 Å². The van der Waals surface area contributed by atoms with Gasteiger partial charge in [0.15, 0.2) is 0 Å². The van der Waals surface area contributed by atoms with E-state index >= 15 is 0 Å².